The molecule has 3 N–H and O–H groups in total. The third-order valence-corrected chi connectivity index (χ3v) is 3.97. The zero-order chi connectivity index (χ0) is 19.1. The van der Waals surface area contributed by atoms with Crippen LogP contribution in [0.4, 0.5) is 5.82 Å². The molecule has 1 aliphatic rings. The Morgan fingerprint density at radius 3 is 2.88 bits per heavy atom. The van der Waals surface area contributed by atoms with E-state index in [-0.39, 0.29) is 30.9 Å². The molecule has 1 aromatic rings. The molecule has 144 valence electrons. The number of aliphatic hydroxyl groups excluding tert-OH is 1. The molecule has 2 heterocycles. The van der Waals surface area contributed by atoms with Gasteiger partial charge < -0.3 is 25.2 Å². The van der Waals surface area contributed by atoms with Crippen LogP contribution in [0.3, 0.4) is 0 Å². The van der Waals surface area contributed by atoms with E-state index < -0.39 is 30.4 Å². The van der Waals surface area contributed by atoms with Crippen LogP contribution in [0.25, 0.3) is 0 Å². The number of nitrogens with one attached hydrogen (secondary N) is 2. The predicted molar refractivity (Wildman–Crippen MR) is 91.4 cm³/mol. The molecule has 1 fully saturated rings. The molecule has 3 unspecified atom stereocenters. The van der Waals surface area contributed by atoms with Crippen LogP contribution in [0.1, 0.15) is 26.0 Å². The molecule has 1 amide bonds. The minimum absolute atomic E-state index is 0.0455. The van der Waals surface area contributed by atoms with Crippen molar-refractivity contribution in [2.24, 2.45) is 5.92 Å². The zero-order valence-corrected chi connectivity index (χ0v) is 14.8. The van der Waals surface area contributed by atoms with Crippen molar-refractivity contribution in [2.45, 2.75) is 32.1 Å². The third-order valence-electron chi connectivity index (χ3n) is 3.97. The van der Waals surface area contributed by atoms with Crippen molar-refractivity contribution in [1.82, 2.24) is 14.9 Å². The minimum Gasteiger partial charge on any atom is -0.456 e. The fourth-order valence-corrected chi connectivity index (χ4v) is 2.68. The molecular weight excluding hydrogens is 344 g/mol. The van der Waals surface area contributed by atoms with Crippen molar-refractivity contribution in [3.05, 3.63) is 22.7 Å². The van der Waals surface area contributed by atoms with Gasteiger partial charge in [0.25, 0.3) is 5.91 Å². The summed E-state index contributed by atoms with van der Waals surface area (Å²) >= 11 is 0. The first kappa shape index (κ1) is 20.0. The Hall–Kier alpha value is -2.30. The number of nitrogens with zero attached hydrogens (tertiary/aromatic N) is 2. The van der Waals surface area contributed by atoms with E-state index in [2.05, 4.69) is 15.6 Å². The van der Waals surface area contributed by atoms with E-state index in [1.807, 2.05) is 6.92 Å². The van der Waals surface area contributed by atoms with Crippen LogP contribution in [0.5, 0.6) is 0 Å². The number of aliphatic hydroxyl groups is 1. The molecule has 26 heavy (non-hydrogen) atoms. The minimum atomic E-state index is -0.585. The number of carbonyl (C=O) groups is 2. The van der Waals surface area contributed by atoms with E-state index in [0.29, 0.717) is 13.0 Å². The van der Waals surface area contributed by atoms with Gasteiger partial charge in [0.15, 0.2) is 6.61 Å². The average molecular weight is 368 g/mol. The Kier molecular flexibility index (Phi) is 7.25. The van der Waals surface area contributed by atoms with E-state index >= 15 is 0 Å². The van der Waals surface area contributed by atoms with Crippen molar-refractivity contribution in [3.63, 3.8) is 0 Å². The molecule has 2 rings (SSSR count). The average Bonchev–Trinajstić information content (AvgIpc) is 2.99. The fraction of sp³-hybridized carbons (Fsp3) is 0.625. The number of rotatable bonds is 8. The molecule has 10 heteroatoms. The maximum absolute atomic E-state index is 12.2. The van der Waals surface area contributed by atoms with Crippen molar-refractivity contribution in [1.29, 1.82) is 0 Å². The van der Waals surface area contributed by atoms with Crippen molar-refractivity contribution < 1.29 is 24.2 Å². The first-order valence-electron chi connectivity index (χ1n) is 8.40. The van der Waals surface area contributed by atoms with E-state index in [1.54, 1.807) is 7.05 Å². The highest BCUT2D eigenvalue weighted by Gasteiger charge is 2.33. The summed E-state index contributed by atoms with van der Waals surface area (Å²) in [6.07, 6.45) is 1.46. The second-order valence-electron chi connectivity index (χ2n) is 6.11. The molecule has 0 spiro atoms. The molecule has 1 aromatic heterocycles. The van der Waals surface area contributed by atoms with Crippen LogP contribution < -0.4 is 16.3 Å². The maximum Gasteiger partial charge on any atom is 0.351 e. The number of aromatic nitrogens is 2. The second-order valence-corrected chi connectivity index (χ2v) is 6.11. The van der Waals surface area contributed by atoms with E-state index in [9.17, 15) is 19.5 Å². The van der Waals surface area contributed by atoms with Crippen molar-refractivity contribution >= 4 is 17.7 Å². The number of amides is 1. The van der Waals surface area contributed by atoms with E-state index in [4.69, 9.17) is 9.47 Å². The topological polar surface area (TPSA) is 132 Å². The lowest BCUT2D eigenvalue weighted by atomic mass is 10.1. The summed E-state index contributed by atoms with van der Waals surface area (Å²) in [6.45, 7) is 1.82. The molecule has 1 aliphatic heterocycles. The van der Waals surface area contributed by atoms with Crippen LogP contribution in [-0.2, 0) is 19.1 Å². The van der Waals surface area contributed by atoms with Crippen molar-refractivity contribution in [3.8, 4) is 0 Å². The predicted octanol–water partition coefficient (Wildman–Crippen LogP) is -0.750. The highest BCUT2D eigenvalue weighted by molar-refractivity contribution is 5.91. The van der Waals surface area contributed by atoms with Crippen LogP contribution in [0.15, 0.2) is 17.1 Å². The number of hydrogen-bond acceptors (Lipinski definition) is 8. The monoisotopic (exact) mass is 368 g/mol. The van der Waals surface area contributed by atoms with Gasteiger partial charge in [0.1, 0.15) is 12.0 Å². The van der Waals surface area contributed by atoms with Gasteiger partial charge in [-0.25, -0.2) is 4.79 Å². The summed E-state index contributed by atoms with van der Waals surface area (Å²) < 4.78 is 11.8. The summed E-state index contributed by atoms with van der Waals surface area (Å²) in [5.41, 5.74) is -0.579. The number of hydrogen-bond donors (Lipinski definition) is 3. The molecular formula is C16H24N4O6. The van der Waals surface area contributed by atoms with Gasteiger partial charge in [0.2, 0.25) is 0 Å². The van der Waals surface area contributed by atoms with Crippen LogP contribution in [0, 0.1) is 5.92 Å². The lowest BCUT2D eigenvalue weighted by molar-refractivity contribution is -0.147. The number of esters is 1. The normalized spacial score (nSPS) is 22.2. The van der Waals surface area contributed by atoms with Gasteiger partial charge in [0, 0.05) is 18.7 Å². The van der Waals surface area contributed by atoms with Crippen LogP contribution in [-0.4, -0.2) is 59.4 Å². The molecule has 3 atom stereocenters. The molecule has 0 radical (unpaired) electrons. The van der Waals surface area contributed by atoms with E-state index in [1.165, 1.54) is 16.8 Å². The fourth-order valence-electron chi connectivity index (χ4n) is 2.68. The molecule has 1 saturated heterocycles. The second kappa shape index (κ2) is 9.41. The first-order chi connectivity index (χ1) is 12.4. The standard InChI is InChI=1S/C16H24N4O6/c1-10-7-11(8-21)26-15(10)20-6-4-12(19-16(20)24)18-13(22)9-25-14(23)3-5-17-2/h4,6,10-11,15,17,21H,3,5,7-9H2,1-2H3,(H,18,19,22,24). The molecule has 0 aliphatic carbocycles. The third kappa shape index (κ3) is 5.35. The number of carbonyl (C=O) groups excluding carboxylic acids is 2. The number of ether oxygens (including phenoxy) is 2. The van der Waals surface area contributed by atoms with E-state index in [0.717, 1.165) is 0 Å². The van der Waals surface area contributed by atoms with Gasteiger partial charge in [-0.05, 0) is 19.5 Å². The zero-order valence-electron chi connectivity index (χ0n) is 14.8. The lowest BCUT2D eigenvalue weighted by Gasteiger charge is -2.18. The van der Waals surface area contributed by atoms with Gasteiger partial charge in [0.05, 0.1) is 19.1 Å². The lowest BCUT2D eigenvalue weighted by Crippen LogP contribution is -2.31. The summed E-state index contributed by atoms with van der Waals surface area (Å²) in [5.74, 6) is -0.974. The Morgan fingerprint density at radius 1 is 1.50 bits per heavy atom. The van der Waals surface area contributed by atoms with Gasteiger partial charge in [-0.15, -0.1) is 0 Å². The number of anilines is 1. The Labute approximate surface area is 150 Å². The molecule has 0 saturated carbocycles. The van der Waals surface area contributed by atoms with Crippen LogP contribution >= 0.6 is 0 Å². The SMILES string of the molecule is CNCCC(=O)OCC(=O)Nc1ccn(C2OC(CO)CC2C)c(=O)n1. The summed E-state index contributed by atoms with van der Waals surface area (Å²) in [5, 5.41) is 14.4. The van der Waals surface area contributed by atoms with Crippen LogP contribution in [0.2, 0.25) is 0 Å². The summed E-state index contributed by atoms with van der Waals surface area (Å²) in [7, 11) is 1.70. The Bertz CT molecular complexity index is 692. The van der Waals surface area contributed by atoms with Gasteiger partial charge in [-0.2, -0.15) is 4.98 Å². The van der Waals surface area contributed by atoms with Gasteiger partial charge >= 0.3 is 11.7 Å². The Balaban J connectivity index is 1.92. The van der Waals surface area contributed by atoms with Crippen molar-refractivity contribution in [2.75, 3.05) is 32.1 Å². The van der Waals surface area contributed by atoms with Gasteiger partial charge in [-0.3, -0.25) is 14.2 Å². The molecule has 0 bridgehead atoms. The smallest absolute Gasteiger partial charge is 0.351 e. The highest BCUT2D eigenvalue weighted by Crippen LogP contribution is 2.32. The largest absolute Gasteiger partial charge is 0.456 e. The first-order valence-corrected chi connectivity index (χ1v) is 8.40. The summed E-state index contributed by atoms with van der Waals surface area (Å²) in [6, 6.07) is 1.46. The Morgan fingerprint density at radius 2 is 2.27 bits per heavy atom. The summed E-state index contributed by atoms with van der Waals surface area (Å²) in [4.78, 5) is 39.1. The van der Waals surface area contributed by atoms with Gasteiger partial charge in [-0.1, -0.05) is 6.92 Å². The molecule has 0 aromatic carbocycles. The molecule has 10 nitrogen and oxygen atoms in total. The maximum atomic E-state index is 12.2. The quantitative estimate of drug-likeness (QED) is 0.511. The highest BCUT2D eigenvalue weighted by atomic mass is 16.5.